The molecule has 0 amide bonds. The van der Waals surface area contributed by atoms with Crippen molar-refractivity contribution >= 4 is 37.9 Å². The highest BCUT2D eigenvalue weighted by Crippen LogP contribution is 2.37. The van der Waals surface area contributed by atoms with Crippen LogP contribution in [0.25, 0.3) is 22.3 Å². The minimum absolute atomic E-state index is 0.0773. The second-order valence-electron chi connectivity index (χ2n) is 7.59. The minimum atomic E-state index is 0.0773. The number of benzene rings is 4. The minimum Gasteiger partial charge on any atom is -0.175 e. The van der Waals surface area contributed by atoms with Crippen LogP contribution in [0.5, 0.6) is 0 Å². The molecule has 4 aromatic carbocycles. The van der Waals surface area contributed by atoms with Gasteiger partial charge in [0.2, 0.25) is 0 Å². The summed E-state index contributed by atoms with van der Waals surface area (Å²) in [5.74, 6) is 1.43. The molecule has 0 radical (unpaired) electrons. The Morgan fingerprint density at radius 3 is 1.42 bits per heavy atom. The Morgan fingerprint density at radius 2 is 0.871 bits per heavy atom. The predicted molar refractivity (Wildman–Crippen MR) is 145 cm³/mol. The van der Waals surface area contributed by atoms with Crippen LogP contribution in [0.2, 0.25) is 0 Å². The molecule has 1 atom stereocenters. The maximum Gasteiger partial charge on any atom is 0.0313 e. The second-order valence-corrected chi connectivity index (χ2v) is 8.85. The van der Waals surface area contributed by atoms with E-state index in [0.29, 0.717) is 5.75 Å². The number of hydrogen-bond donors (Lipinski definition) is 3. The van der Waals surface area contributed by atoms with Crippen molar-refractivity contribution in [2.24, 2.45) is 0 Å². The first kappa shape index (κ1) is 22.1. The van der Waals surface area contributed by atoms with Gasteiger partial charge in [0, 0.05) is 16.8 Å². The van der Waals surface area contributed by atoms with Crippen molar-refractivity contribution in [1.82, 2.24) is 0 Å². The van der Waals surface area contributed by atoms with Crippen molar-refractivity contribution in [3.63, 3.8) is 0 Å². The Kier molecular flexibility index (Phi) is 7.49. The van der Waals surface area contributed by atoms with Crippen LogP contribution in [0.3, 0.4) is 0 Å². The molecule has 0 bridgehead atoms. The van der Waals surface area contributed by atoms with Crippen LogP contribution in [0.1, 0.15) is 27.5 Å². The summed E-state index contributed by atoms with van der Waals surface area (Å²) < 4.78 is 0. The van der Waals surface area contributed by atoms with Crippen molar-refractivity contribution in [1.29, 1.82) is 0 Å². The zero-order valence-corrected chi connectivity index (χ0v) is 20.0. The number of rotatable bonds is 7. The summed E-state index contributed by atoms with van der Waals surface area (Å²) in [5, 5.41) is 0.0773. The highest BCUT2D eigenvalue weighted by Gasteiger charge is 2.17. The van der Waals surface area contributed by atoms with Crippen LogP contribution in [0.4, 0.5) is 0 Å². The smallest absolute Gasteiger partial charge is 0.0313 e. The molecule has 3 heteroatoms. The highest BCUT2D eigenvalue weighted by atomic mass is 32.1. The van der Waals surface area contributed by atoms with Gasteiger partial charge in [0.1, 0.15) is 0 Å². The lowest BCUT2D eigenvalue weighted by Gasteiger charge is -2.20. The molecule has 31 heavy (non-hydrogen) atoms. The van der Waals surface area contributed by atoms with Crippen molar-refractivity contribution in [3.05, 3.63) is 119 Å². The first-order chi connectivity index (χ1) is 15.2. The summed E-state index contributed by atoms with van der Waals surface area (Å²) in [5.41, 5.74) is 10.0. The van der Waals surface area contributed by atoms with Crippen LogP contribution in [0.15, 0.2) is 97.1 Å². The van der Waals surface area contributed by atoms with E-state index < -0.39 is 0 Å². The molecule has 0 aliphatic rings. The lowest BCUT2D eigenvalue weighted by Crippen LogP contribution is -2.02. The normalized spacial score (nSPS) is 12.0. The van der Waals surface area contributed by atoms with Crippen LogP contribution in [-0.2, 0) is 17.9 Å². The molecule has 0 N–H and O–H groups in total. The van der Waals surface area contributed by atoms with E-state index in [1.54, 1.807) is 0 Å². The molecular formula is C28H26S3. The van der Waals surface area contributed by atoms with Gasteiger partial charge in [0.05, 0.1) is 0 Å². The third-order valence-electron chi connectivity index (χ3n) is 5.71. The first-order valence-electron chi connectivity index (χ1n) is 10.5. The zero-order chi connectivity index (χ0) is 21.6. The Labute approximate surface area is 202 Å². The van der Waals surface area contributed by atoms with Gasteiger partial charge in [-0.15, -0.1) is 0 Å². The summed E-state index contributed by atoms with van der Waals surface area (Å²) in [6.07, 6.45) is 0.847. The van der Waals surface area contributed by atoms with Crippen LogP contribution >= 0.6 is 37.9 Å². The van der Waals surface area contributed by atoms with E-state index in [4.69, 9.17) is 12.6 Å². The van der Waals surface area contributed by atoms with E-state index in [9.17, 15) is 0 Å². The molecule has 0 nitrogen and oxygen atoms in total. The fourth-order valence-corrected chi connectivity index (χ4v) is 5.13. The topological polar surface area (TPSA) is 0 Å². The lowest BCUT2D eigenvalue weighted by molar-refractivity contribution is 0.943. The Morgan fingerprint density at radius 1 is 0.484 bits per heavy atom. The highest BCUT2D eigenvalue weighted by molar-refractivity contribution is 7.80. The van der Waals surface area contributed by atoms with Crippen molar-refractivity contribution in [2.45, 2.75) is 23.2 Å². The maximum atomic E-state index is 5.09. The van der Waals surface area contributed by atoms with Gasteiger partial charge in [0.15, 0.2) is 0 Å². The molecular weight excluding hydrogens is 433 g/mol. The maximum absolute atomic E-state index is 5.09. The van der Waals surface area contributed by atoms with E-state index in [1.807, 2.05) is 0 Å². The van der Waals surface area contributed by atoms with Crippen molar-refractivity contribution in [3.8, 4) is 22.3 Å². The third kappa shape index (κ3) is 4.90. The molecule has 0 saturated carbocycles. The fraction of sp³-hybridized carbons (Fsp3) is 0.143. The molecule has 0 aromatic heterocycles. The molecule has 0 heterocycles. The fourth-order valence-electron chi connectivity index (χ4n) is 4.15. The summed E-state index contributed by atoms with van der Waals surface area (Å²) in [6.45, 7) is 0. The molecule has 4 aromatic rings. The molecule has 1 unspecified atom stereocenters. The van der Waals surface area contributed by atoms with Crippen LogP contribution < -0.4 is 0 Å². The summed E-state index contributed by atoms with van der Waals surface area (Å²) in [6, 6.07) is 34.3. The standard InChI is InChI=1S/C28H26S3/c29-18-21-10-2-5-13-24(21)23-12-4-1-9-20(23)17-28(31)27-16-8-7-15-26(27)25-14-6-3-11-22(25)19-30/h1-16,28-31H,17-19H2. The van der Waals surface area contributed by atoms with Gasteiger partial charge in [-0.3, -0.25) is 0 Å². The van der Waals surface area contributed by atoms with E-state index >= 15 is 0 Å². The van der Waals surface area contributed by atoms with Crippen molar-refractivity contribution < 1.29 is 0 Å². The molecule has 0 saturated heterocycles. The lowest BCUT2D eigenvalue weighted by atomic mass is 9.89. The quantitative estimate of drug-likeness (QED) is 0.229. The largest absolute Gasteiger partial charge is 0.175 e. The van der Waals surface area contributed by atoms with Gasteiger partial charge < -0.3 is 0 Å². The molecule has 4 rings (SSSR count). The SMILES string of the molecule is SCc1ccccc1-c1ccccc1CC(S)c1ccccc1-c1ccccc1CS. The van der Waals surface area contributed by atoms with Crippen LogP contribution in [0, 0.1) is 0 Å². The van der Waals surface area contributed by atoms with E-state index in [2.05, 4.69) is 122 Å². The summed E-state index contributed by atoms with van der Waals surface area (Å²) in [7, 11) is 0. The second kappa shape index (κ2) is 10.5. The monoisotopic (exact) mass is 458 g/mol. The van der Waals surface area contributed by atoms with E-state index in [0.717, 1.165) is 12.2 Å². The number of hydrogen-bond acceptors (Lipinski definition) is 3. The van der Waals surface area contributed by atoms with Gasteiger partial charge in [-0.05, 0) is 50.9 Å². The molecule has 0 spiro atoms. The van der Waals surface area contributed by atoms with E-state index in [-0.39, 0.29) is 5.25 Å². The Balaban J connectivity index is 1.72. The Bertz CT molecular complexity index is 1170. The first-order valence-corrected chi connectivity index (χ1v) is 12.2. The number of thiol groups is 3. The van der Waals surface area contributed by atoms with E-state index in [1.165, 1.54) is 44.5 Å². The van der Waals surface area contributed by atoms with Gasteiger partial charge >= 0.3 is 0 Å². The average Bonchev–Trinajstić information content (AvgIpc) is 2.84. The van der Waals surface area contributed by atoms with Crippen molar-refractivity contribution in [2.75, 3.05) is 0 Å². The molecule has 0 fully saturated rings. The molecule has 0 aliphatic carbocycles. The van der Waals surface area contributed by atoms with Crippen LogP contribution in [-0.4, -0.2) is 0 Å². The molecule has 0 aliphatic heterocycles. The summed E-state index contributed by atoms with van der Waals surface area (Å²) >= 11 is 14.2. The molecule has 156 valence electrons. The Hall–Kier alpha value is -2.07. The average molecular weight is 459 g/mol. The summed E-state index contributed by atoms with van der Waals surface area (Å²) in [4.78, 5) is 0. The van der Waals surface area contributed by atoms with Gasteiger partial charge in [-0.2, -0.15) is 37.9 Å². The van der Waals surface area contributed by atoms with Gasteiger partial charge in [-0.1, -0.05) is 97.1 Å². The van der Waals surface area contributed by atoms with Gasteiger partial charge in [-0.25, -0.2) is 0 Å². The third-order valence-corrected chi connectivity index (χ3v) is 6.85. The predicted octanol–water partition coefficient (Wildman–Crippen LogP) is 8.09. The zero-order valence-electron chi connectivity index (χ0n) is 17.3. The van der Waals surface area contributed by atoms with Gasteiger partial charge in [0.25, 0.3) is 0 Å².